The van der Waals surface area contributed by atoms with Gasteiger partial charge in [-0.05, 0) is 30.7 Å². The summed E-state index contributed by atoms with van der Waals surface area (Å²) in [7, 11) is 3.56. The van der Waals surface area contributed by atoms with Crippen molar-refractivity contribution in [3.8, 4) is 0 Å². The predicted octanol–water partition coefficient (Wildman–Crippen LogP) is 1.88. The lowest BCUT2D eigenvalue weighted by Crippen LogP contribution is -2.51. The molecule has 0 unspecified atom stereocenters. The van der Waals surface area contributed by atoms with Gasteiger partial charge in [0.05, 0.1) is 5.56 Å². The molecule has 7 nitrogen and oxygen atoms in total. The average Bonchev–Trinajstić information content (AvgIpc) is 3.08. The van der Waals surface area contributed by atoms with Crippen LogP contribution in [-0.2, 0) is 0 Å². The van der Waals surface area contributed by atoms with E-state index in [4.69, 9.17) is 0 Å². The van der Waals surface area contributed by atoms with E-state index < -0.39 is 0 Å². The number of carbonyl (C=O) groups is 2. The first kappa shape index (κ1) is 18.1. The van der Waals surface area contributed by atoms with Gasteiger partial charge in [-0.1, -0.05) is 6.92 Å². The second-order valence-electron chi connectivity index (χ2n) is 6.81. The molecule has 2 aromatic heterocycles. The predicted molar refractivity (Wildman–Crippen MR) is 103 cm³/mol. The van der Waals surface area contributed by atoms with Crippen LogP contribution >= 0.6 is 0 Å². The lowest BCUT2D eigenvalue weighted by Gasteiger charge is -2.36. The largest absolute Gasteiger partial charge is 0.354 e. The third-order valence-corrected chi connectivity index (χ3v) is 4.68. The Hall–Kier alpha value is -2.70. The summed E-state index contributed by atoms with van der Waals surface area (Å²) in [6, 6.07) is 8.01. The van der Waals surface area contributed by atoms with Gasteiger partial charge < -0.3 is 24.4 Å². The Morgan fingerprint density at radius 2 is 1.77 bits per heavy atom. The molecule has 2 aromatic rings. The number of amides is 3. The Kier molecular flexibility index (Phi) is 5.35. The number of carbonyl (C=O) groups excluding carboxylic acids is 2. The van der Waals surface area contributed by atoms with Crippen LogP contribution in [0.4, 0.5) is 10.6 Å². The molecule has 1 aliphatic rings. The number of anilines is 1. The van der Waals surface area contributed by atoms with Crippen LogP contribution < -0.4 is 10.2 Å². The van der Waals surface area contributed by atoms with E-state index in [1.807, 2.05) is 30.2 Å². The molecule has 3 rings (SSSR count). The molecular weight excluding hydrogens is 330 g/mol. The van der Waals surface area contributed by atoms with Crippen LogP contribution in [0.25, 0.3) is 5.52 Å². The van der Waals surface area contributed by atoms with E-state index in [-0.39, 0.29) is 11.9 Å². The zero-order valence-corrected chi connectivity index (χ0v) is 15.7. The molecule has 1 aliphatic heterocycles. The standard InChI is InChI=1S/C19H27N5O2/c1-4-9-20-18(25)15-5-6-16-7-8-17(24(16)14-15)22-10-12-23(13-11-22)19(26)21(2)3/h5-8,14H,4,9-13H2,1-3H3,(H,20,25). The fraction of sp³-hybridized carbons (Fsp3) is 0.474. The fourth-order valence-electron chi connectivity index (χ4n) is 3.23. The molecule has 26 heavy (non-hydrogen) atoms. The van der Waals surface area contributed by atoms with Gasteiger partial charge in [-0.25, -0.2) is 4.79 Å². The summed E-state index contributed by atoms with van der Waals surface area (Å²) in [5.41, 5.74) is 1.71. The van der Waals surface area contributed by atoms with Gasteiger partial charge in [0.2, 0.25) is 0 Å². The number of rotatable bonds is 4. The van der Waals surface area contributed by atoms with Crippen molar-refractivity contribution in [3.63, 3.8) is 0 Å². The number of pyridine rings is 1. The highest BCUT2D eigenvalue weighted by atomic mass is 16.2. The summed E-state index contributed by atoms with van der Waals surface area (Å²) >= 11 is 0. The van der Waals surface area contributed by atoms with Crippen LogP contribution in [-0.4, -0.2) is 73.0 Å². The summed E-state index contributed by atoms with van der Waals surface area (Å²) in [5.74, 6) is 1.01. The van der Waals surface area contributed by atoms with Crippen LogP contribution in [0.3, 0.4) is 0 Å². The van der Waals surface area contributed by atoms with Crippen molar-refractivity contribution in [2.45, 2.75) is 13.3 Å². The Labute approximate surface area is 154 Å². The number of hydrogen-bond acceptors (Lipinski definition) is 3. The van der Waals surface area contributed by atoms with Crippen LogP contribution in [0.15, 0.2) is 30.5 Å². The normalized spacial score (nSPS) is 14.6. The molecule has 3 amide bonds. The number of fused-ring (bicyclic) bond motifs is 1. The molecule has 0 saturated carbocycles. The maximum absolute atomic E-state index is 12.3. The molecule has 3 heterocycles. The molecule has 0 aromatic carbocycles. The van der Waals surface area contributed by atoms with Crippen LogP contribution in [0, 0.1) is 0 Å². The van der Waals surface area contributed by atoms with Gasteiger partial charge in [-0.2, -0.15) is 0 Å². The summed E-state index contributed by atoms with van der Waals surface area (Å²) in [6.45, 7) is 5.66. The SMILES string of the molecule is CCCNC(=O)c1ccc2ccc(N3CCN(C(=O)N(C)C)CC3)n2c1. The molecule has 0 aliphatic carbocycles. The number of hydrogen-bond donors (Lipinski definition) is 1. The number of nitrogens with one attached hydrogen (secondary N) is 1. The highest BCUT2D eigenvalue weighted by Crippen LogP contribution is 2.22. The van der Waals surface area contributed by atoms with Crippen molar-refractivity contribution < 1.29 is 9.59 Å². The first-order valence-corrected chi connectivity index (χ1v) is 9.11. The molecule has 0 radical (unpaired) electrons. The molecule has 1 saturated heterocycles. The summed E-state index contributed by atoms with van der Waals surface area (Å²) in [6.07, 6.45) is 2.81. The highest BCUT2D eigenvalue weighted by Gasteiger charge is 2.23. The van der Waals surface area contributed by atoms with E-state index in [9.17, 15) is 9.59 Å². The number of nitrogens with zero attached hydrogens (tertiary/aromatic N) is 4. The molecule has 140 valence electrons. The third-order valence-electron chi connectivity index (χ3n) is 4.68. The second-order valence-corrected chi connectivity index (χ2v) is 6.81. The monoisotopic (exact) mass is 357 g/mol. The van der Waals surface area contributed by atoms with Crippen LogP contribution in [0.5, 0.6) is 0 Å². The highest BCUT2D eigenvalue weighted by molar-refractivity contribution is 5.94. The van der Waals surface area contributed by atoms with E-state index >= 15 is 0 Å². The zero-order chi connectivity index (χ0) is 18.7. The maximum atomic E-state index is 12.3. The molecule has 7 heteroatoms. The molecule has 1 N–H and O–H groups in total. The summed E-state index contributed by atoms with van der Waals surface area (Å²) in [5, 5.41) is 2.92. The number of aromatic nitrogens is 1. The minimum atomic E-state index is -0.0465. The first-order valence-electron chi connectivity index (χ1n) is 9.11. The van der Waals surface area contributed by atoms with Crippen LogP contribution in [0.2, 0.25) is 0 Å². The van der Waals surface area contributed by atoms with E-state index in [0.717, 1.165) is 30.8 Å². The maximum Gasteiger partial charge on any atom is 0.319 e. The lowest BCUT2D eigenvalue weighted by molar-refractivity contribution is 0.0953. The smallest absolute Gasteiger partial charge is 0.319 e. The molecule has 1 fully saturated rings. The van der Waals surface area contributed by atoms with Crippen molar-refractivity contribution in [2.24, 2.45) is 0 Å². The van der Waals surface area contributed by atoms with Gasteiger partial charge in [-0.3, -0.25) is 4.79 Å². The Morgan fingerprint density at radius 3 is 2.42 bits per heavy atom. The van der Waals surface area contributed by atoms with Gasteiger partial charge >= 0.3 is 6.03 Å². The van der Waals surface area contributed by atoms with Crippen LogP contribution in [0.1, 0.15) is 23.7 Å². The van der Waals surface area contributed by atoms with Crippen molar-refractivity contribution in [1.29, 1.82) is 0 Å². The topological polar surface area (TPSA) is 60.3 Å². The van der Waals surface area contributed by atoms with Gasteiger partial charge in [0.25, 0.3) is 5.91 Å². The van der Waals surface area contributed by atoms with Gasteiger partial charge in [0.15, 0.2) is 0 Å². The van der Waals surface area contributed by atoms with Crippen molar-refractivity contribution in [1.82, 2.24) is 19.5 Å². The quantitative estimate of drug-likeness (QED) is 0.909. The molecule has 0 atom stereocenters. The minimum Gasteiger partial charge on any atom is -0.354 e. The summed E-state index contributed by atoms with van der Waals surface area (Å²) in [4.78, 5) is 30.1. The van der Waals surface area contributed by atoms with E-state index in [0.29, 0.717) is 25.2 Å². The molecule has 0 spiro atoms. The van der Waals surface area contributed by atoms with Gasteiger partial charge in [-0.15, -0.1) is 0 Å². The first-order chi connectivity index (χ1) is 12.5. The van der Waals surface area contributed by atoms with Crippen molar-refractivity contribution in [3.05, 3.63) is 36.0 Å². The van der Waals surface area contributed by atoms with E-state index in [1.54, 1.807) is 19.0 Å². The zero-order valence-electron chi connectivity index (χ0n) is 15.7. The lowest BCUT2D eigenvalue weighted by atomic mass is 10.2. The Bertz CT molecular complexity index is 790. The van der Waals surface area contributed by atoms with E-state index in [1.165, 1.54) is 0 Å². The third kappa shape index (κ3) is 3.61. The molecule has 0 bridgehead atoms. The fourth-order valence-corrected chi connectivity index (χ4v) is 3.23. The van der Waals surface area contributed by atoms with Crippen molar-refractivity contribution in [2.75, 3.05) is 51.7 Å². The molecular formula is C19H27N5O2. The Morgan fingerprint density at radius 1 is 1.08 bits per heavy atom. The van der Waals surface area contributed by atoms with Crippen molar-refractivity contribution >= 4 is 23.3 Å². The number of urea groups is 1. The summed E-state index contributed by atoms with van der Waals surface area (Å²) < 4.78 is 2.06. The van der Waals surface area contributed by atoms with E-state index in [2.05, 4.69) is 26.8 Å². The number of piperazine rings is 1. The average molecular weight is 357 g/mol. The van der Waals surface area contributed by atoms with Gasteiger partial charge in [0.1, 0.15) is 5.82 Å². The second kappa shape index (κ2) is 7.68. The van der Waals surface area contributed by atoms with Gasteiger partial charge in [0, 0.05) is 58.5 Å². The minimum absolute atomic E-state index is 0.0465. The Balaban J connectivity index is 1.76.